The van der Waals surface area contributed by atoms with Crippen molar-refractivity contribution in [3.05, 3.63) is 60.8 Å². The largest absolute Gasteiger partial charge is 0.396 e. The van der Waals surface area contributed by atoms with Crippen LogP contribution in [0.3, 0.4) is 0 Å². The SMILES string of the molecule is Nc1c(Cl)cc(NC(=O)c2cnc3c(c2)c(=O)[nH]c(=O)n3C2CC2)cc1Cl. The first-order valence-electron chi connectivity index (χ1n) is 8.05. The van der Waals surface area contributed by atoms with Gasteiger partial charge in [0.2, 0.25) is 0 Å². The standard InChI is InChI=1S/C17H13Cl2N5O3/c18-11-4-8(5-12(19)13(11)20)22-15(25)7-3-10-14(21-6-7)24(9-1-2-9)17(27)23-16(10)26/h3-6,9H,1-2,20H2,(H,22,25)(H,23,26,27). The zero-order valence-corrected chi connectivity index (χ0v) is 15.3. The number of H-pyrrole nitrogens is 1. The van der Waals surface area contributed by atoms with E-state index in [1.165, 1.54) is 29.0 Å². The number of nitrogens with one attached hydrogen (secondary N) is 2. The van der Waals surface area contributed by atoms with Gasteiger partial charge in [0.25, 0.3) is 11.5 Å². The lowest BCUT2D eigenvalue weighted by molar-refractivity contribution is 0.102. The topological polar surface area (TPSA) is 123 Å². The Labute approximate surface area is 161 Å². The molecule has 0 spiro atoms. The quantitative estimate of drug-likeness (QED) is 0.577. The minimum Gasteiger partial charge on any atom is -0.396 e. The van der Waals surface area contributed by atoms with Crippen molar-refractivity contribution in [1.82, 2.24) is 14.5 Å². The first-order chi connectivity index (χ1) is 12.8. The van der Waals surface area contributed by atoms with Gasteiger partial charge in [-0.05, 0) is 31.0 Å². The second-order valence-corrected chi connectivity index (χ2v) is 7.08. The maximum Gasteiger partial charge on any atom is 0.330 e. The van der Waals surface area contributed by atoms with Crippen LogP contribution in [-0.2, 0) is 0 Å². The predicted octanol–water partition coefficient (Wildman–Crippen LogP) is 2.56. The minimum atomic E-state index is -0.590. The van der Waals surface area contributed by atoms with E-state index in [0.717, 1.165) is 12.8 Å². The summed E-state index contributed by atoms with van der Waals surface area (Å²) in [5.74, 6) is -0.509. The molecule has 1 amide bonds. The molecule has 0 aliphatic heterocycles. The molecule has 4 N–H and O–H groups in total. The number of hydrogen-bond donors (Lipinski definition) is 3. The van der Waals surface area contributed by atoms with E-state index in [4.69, 9.17) is 28.9 Å². The van der Waals surface area contributed by atoms with Crippen molar-refractivity contribution in [2.24, 2.45) is 0 Å². The average molecular weight is 406 g/mol. The van der Waals surface area contributed by atoms with Gasteiger partial charge < -0.3 is 11.1 Å². The van der Waals surface area contributed by atoms with E-state index in [9.17, 15) is 14.4 Å². The molecule has 27 heavy (non-hydrogen) atoms. The number of nitrogens with two attached hydrogens (primary N) is 1. The highest BCUT2D eigenvalue weighted by molar-refractivity contribution is 6.39. The van der Waals surface area contributed by atoms with Gasteiger partial charge in [-0.1, -0.05) is 23.2 Å². The number of aromatic amines is 1. The number of nitrogen functional groups attached to an aromatic ring is 1. The number of anilines is 2. The smallest absolute Gasteiger partial charge is 0.330 e. The number of aromatic nitrogens is 3. The van der Waals surface area contributed by atoms with Crippen molar-refractivity contribution < 1.29 is 4.79 Å². The van der Waals surface area contributed by atoms with Gasteiger partial charge in [-0.15, -0.1) is 0 Å². The monoisotopic (exact) mass is 405 g/mol. The van der Waals surface area contributed by atoms with Gasteiger partial charge in [0.05, 0.1) is 26.7 Å². The van der Waals surface area contributed by atoms with E-state index in [0.29, 0.717) is 5.69 Å². The average Bonchev–Trinajstić information content (AvgIpc) is 3.44. The second-order valence-electron chi connectivity index (χ2n) is 6.26. The molecule has 0 atom stereocenters. The van der Waals surface area contributed by atoms with Gasteiger partial charge in [0.1, 0.15) is 5.65 Å². The molecule has 8 nitrogen and oxygen atoms in total. The molecule has 0 radical (unpaired) electrons. The highest BCUT2D eigenvalue weighted by Crippen LogP contribution is 2.35. The van der Waals surface area contributed by atoms with Gasteiger partial charge in [0, 0.05) is 17.9 Å². The summed E-state index contributed by atoms with van der Waals surface area (Å²) in [7, 11) is 0. The molecular weight excluding hydrogens is 393 g/mol. The van der Waals surface area contributed by atoms with E-state index in [-0.39, 0.29) is 38.4 Å². The lowest BCUT2D eigenvalue weighted by Gasteiger charge is -2.10. The van der Waals surface area contributed by atoms with Gasteiger partial charge in [-0.3, -0.25) is 19.1 Å². The number of benzene rings is 1. The van der Waals surface area contributed by atoms with Crippen molar-refractivity contribution in [1.29, 1.82) is 0 Å². The van der Waals surface area contributed by atoms with Crippen molar-refractivity contribution in [3.63, 3.8) is 0 Å². The van der Waals surface area contributed by atoms with Gasteiger partial charge in [0.15, 0.2) is 0 Å². The van der Waals surface area contributed by atoms with Gasteiger partial charge in [-0.2, -0.15) is 0 Å². The third kappa shape index (κ3) is 3.17. The number of nitrogens with zero attached hydrogens (tertiary/aromatic N) is 2. The van der Waals surface area contributed by atoms with Crippen molar-refractivity contribution in [3.8, 4) is 0 Å². The van der Waals surface area contributed by atoms with Crippen LogP contribution in [0, 0.1) is 0 Å². The van der Waals surface area contributed by atoms with Gasteiger partial charge in [-0.25, -0.2) is 9.78 Å². The lowest BCUT2D eigenvalue weighted by Crippen LogP contribution is -2.30. The molecule has 0 unspecified atom stereocenters. The molecule has 0 bridgehead atoms. The maximum absolute atomic E-state index is 12.5. The Balaban J connectivity index is 1.73. The zero-order chi connectivity index (χ0) is 19.3. The van der Waals surface area contributed by atoms with E-state index in [2.05, 4.69) is 15.3 Å². The number of carbonyl (C=O) groups is 1. The number of hydrogen-bond acceptors (Lipinski definition) is 5. The summed E-state index contributed by atoms with van der Waals surface area (Å²) in [6.45, 7) is 0. The highest BCUT2D eigenvalue weighted by atomic mass is 35.5. The molecule has 1 aromatic carbocycles. The fraction of sp³-hybridized carbons (Fsp3) is 0.176. The van der Waals surface area contributed by atoms with Crippen LogP contribution in [0.5, 0.6) is 0 Å². The second kappa shape index (κ2) is 6.40. The van der Waals surface area contributed by atoms with Crippen molar-refractivity contribution in [2.75, 3.05) is 11.1 Å². The van der Waals surface area contributed by atoms with E-state index in [1.807, 2.05) is 0 Å². The first kappa shape index (κ1) is 17.6. The number of fused-ring (bicyclic) bond motifs is 1. The van der Waals surface area contributed by atoms with E-state index >= 15 is 0 Å². The molecule has 138 valence electrons. The molecule has 4 rings (SSSR count). The van der Waals surface area contributed by atoms with Crippen LogP contribution in [0.4, 0.5) is 11.4 Å². The summed E-state index contributed by atoms with van der Waals surface area (Å²) in [5.41, 5.74) is 5.57. The Hall–Kier alpha value is -2.84. The van der Waals surface area contributed by atoms with E-state index in [1.54, 1.807) is 0 Å². The summed E-state index contributed by atoms with van der Waals surface area (Å²) < 4.78 is 1.46. The summed E-state index contributed by atoms with van der Waals surface area (Å²) >= 11 is 11.9. The summed E-state index contributed by atoms with van der Waals surface area (Å²) in [6.07, 6.45) is 3.02. The fourth-order valence-electron chi connectivity index (χ4n) is 2.79. The molecule has 1 saturated carbocycles. The number of amides is 1. The van der Waals surface area contributed by atoms with Gasteiger partial charge >= 0.3 is 5.69 Å². The maximum atomic E-state index is 12.5. The minimum absolute atomic E-state index is 0.0306. The summed E-state index contributed by atoms with van der Waals surface area (Å²) in [6, 6.07) is 4.36. The number of halogens is 2. The normalized spacial score (nSPS) is 13.7. The van der Waals surface area contributed by atoms with Crippen LogP contribution >= 0.6 is 23.2 Å². The molecule has 3 aromatic rings. The van der Waals surface area contributed by atoms with Crippen LogP contribution in [0.25, 0.3) is 11.0 Å². The summed E-state index contributed by atoms with van der Waals surface area (Å²) in [4.78, 5) is 43.2. The number of pyridine rings is 1. The number of carbonyl (C=O) groups excluding carboxylic acids is 1. The molecule has 1 aliphatic carbocycles. The Bertz CT molecular complexity index is 1190. The fourth-order valence-corrected chi connectivity index (χ4v) is 3.28. The molecule has 2 heterocycles. The number of rotatable bonds is 3. The highest BCUT2D eigenvalue weighted by Gasteiger charge is 2.27. The first-order valence-corrected chi connectivity index (χ1v) is 8.81. The Morgan fingerprint density at radius 1 is 1.22 bits per heavy atom. The van der Waals surface area contributed by atoms with Crippen molar-refractivity contribution in [2.45, 2.75) is 18.9 Å². The lowest BCUT2D eigenvalue weighted by atomic mass is 10.2. The molecule has 1 fully saturated rings. The van der Waals surface area contributed by atoms with Crippen LogP contribution in [0.2, 0.25) is 10.0 Å². The van der Waals surface area contributed by atoms with Crippen LogP contribution in [0.1, 0.15) is 29.2 Å². The third-order valence-electron chi connectivity index (χ3n) is 4.29. The Kier molecular flexibility index (Phi) is 4.16. The Morgan fingerprint density at radius 3 is 2.52 bits per heavy atom. The molecular formula is C17H13Cl2N5O3. The molecule has 2 aromatic heterocycles. The summed E-state index contributed by atoms with van der Waals surface area (Å²) in [5, 5.41) is 3.21. The van der Waals surface area contributed by atoms with Crippen LogP contribution in [-0.4, -0.2) is 20.4 Å². The Morgan fingerprint density at radius 2 is 1.89 bits per heavy atom. The van der Waals surface area contributed by atoms with Crippen LogP contribution in [0.15, 0.2) is 34.0 Å². The zero-order valence-electron chi connectivity index (χ0n) is 13.8. The third-order valence-corrected chi connectivity index (χ3v) is 4.92. The molecule has 1 aliphatic rings. The van der Waals surface area contributed by atoms with Crippen LogP contribution < -0.4 is 22.3 Å². The molecule has 0 saturated heterocycles. The predicted molar refractivity (Wildman–Crippen MR) is 104 cm³/mol. The molecule has 10 heteroatoms. The van der Waals surface area contributed by atoms with E-state index < -0.39 is 17.2 Å². The van der Waals surface area contributed by atoms with Crippen molar-refractivity contribution >= 4 is 51.5 Å².